The molecule has 0 aliphatic carbocycles. The van der Waals surface area contributed by atoms with Crippen LogP contribution in [0.1, 0.15) is 19.8 Å². The van der Waals surface area contributed by atoms with Crippen LogP contribution in [0.15, 0.2) is 6.07 Å². The van der Waals surface area contributed by atoms with Gasteiger partial charge in [-0.25, -0.2) is 0 Å². The molecular formula is C10H13Cl2N3O. The summed E-state index contributed by atoms with van der Waals surface area (Å²) in [6.07, 6.45) is 1.76. The summed E-state index contributed by atoms with van der Waals surface area (Å²) in [5.41, 5.74) is 0.149. The Kier molecular flexibility index (Phi) is 3.24. The van der Waals surface area contributed by atoms with Crippen LogP contribution in [0.25, 0.3) is 0 Å². The van der Waals surface area contributed by atoms with Crippen LogP contribution in [0.2, 0.25) is 10.3 Å². The van der Waals surface area contributed by atoms with E-state index >= 15 is 0 Å². The van der Waals surface area contributed by atoms with Crippen LogP contribution in [0.4, 0.5) is 5.69 Å². The quantitative estimate of drug-likeness (QED) is 0.906. The third-order valence-electron chi connectivity index (χ3n) is 2.73. The molecule has 0 amide bonds. The molecule has 1 aromatic heterocycles. The molecule has 6 heteroatoms. The van der Waals surface area contributed by atoms with Gasteiger partial charge in [0.15, 0.2) is 10.3 Å². The van der Waals surface area contributed by atoms with Crippen LogP contribution in [0.3, 0.4) is 0 Å². The fourth-order valence-electron chi connectivity index (χ4n) is 2.02. The molecule has 16 heavy (non-hydrogen) atoms. The van der Waals surface area contributed by atoms with E-state index in [1.165, 1.54) is 0 Å². The van der Waals surface area contributed by atoms with Crippen molar-refractivity contribution >= 4 is 28.9 Å². The zero-order valence-electron chi connectivity index (χ0n) is 8.95. The van der Waals surface area contributed by atoms with Crippen molar-refractivity contribution in [2.75, 3.05) is 18.0 Å². The molecule has 4 nitrogen and oxygen atoms in total. The van der Waals surface area contributed by atoms with E-state index in [1.54, 1.807) is 6.07 Å². The molecule has 1 aliphatic heterocycles. The van der Waals surface area contributed by atoms with Gasteiger partial charge >= 0.3 is 0 Å². The van der Waals surface area contributed by atoms with E-state index in [4.69, 9.17) is 23.2 Å². The largest absolute Gasteiger partial charge is 0.386 e. The summed E-state index contributed by atoms with van der Waals surface area (Å²) < 4.78 is 0. The van der Waals surface area contributed by atoms with Gasteiger partial charge in [-0.05, 0) is 6.42 Å². The van der Waals surface area contributed by atoms with Crippen molar-refractivity contribution in [1.29, 1.82) is 0 Å². The highest BCUT2D eigenvalue weighted by Crippen LogP contribution is 2.34. The molecule has 0 aromatic carbocycles. The number of β-amino-alcohol motifs (C(OH)–C–C–N with tert-alkyl or cyclic N) is 1. The summed E-state index contributed by atoms with van der Waals surface area (Å²) in [4.78, 5) is 1.96. The van der Waals surface area contributed by atoms with Crippen LogP contribution >= 0.6 is 23.2 Å². The summed E-state index contributed by atoms with van der Waals surface area (Å²) in [5, 5.41) is 18.1. The van der Waals surface area contributed by atoms with Crippen LogP contribution in [0, 0.1) is 0 Å². The second kappa shape index (κ2) is 4.35. The summed E-state index contributed by atoms with van der Waals surface area (Å²) in [5.74, 6) is 0. The van der Waals surface area contributed by atoms with Gasteiger partial charge in [0, 0.05) is 19.2 Å². The van der Waals surface area contributed by atoms with Crippen molar-refractivity contribution in [2.45, 2.75) is 25.4 Å². The van der Waals surface area contributed by atoms with Crippen molar-refractivity contribution < 1.29 is 5.11 Å². The molecule has 0 spiro atoms. The average molecular weight is 262 g/mol. The minimum absolute atomic E-state index is 0.310. The molecule has 2 rings (SSSR count). The lowest BCUT2D eigenvalue weighted by Gasteiger charge is -2.48. The maximum absolute atomic E-state index is 10.0. The van der Waals surface area contributed by atoms with E-state index < -0.39 is 5.60 Å². The Bertz CT molecular complexity index is 394. The summed E-state index contributed by atoms with van der Waals surface area (Å²) >= 11 is 11.7. The number of halogens is 2. The van der Waals surface area contributed by atoms with E-state index in [0.29, 0.717) is 23.4 Å². The van der Waals surface area contributed by atoms with Crippen LogP contribution < -0.4 is 4.90 Å². The molecule has 88 valence electrons. The number of nitrogens with zero attached hydrogens (tertiary/aromatic N) is 3. The second-order valence-electron chi connectivity index (χ2n) is 4.17. The first-order valence-electron chi connectivity index (χ1n) is 5.20. The van der Waals surface area contributed by atoms with Gasteiger partial charge in [0.1, 0.15) is 0 Å². The maximum atomic E-state index is 10.0. The van der Waals surface area contributed by atoms with Gasteiger partial charge in [0.05, 0.1) is 11.3 Å². The Hall–Kier alpha value is -0.580. The lowest BCUT2D eigenvalue weighted by atomic mass is 9.89. The normalized spacial score (nSPS) is 18.4. The Morgan fingerprint density at radius 3 is 2.75 bits per heavy atom. The van der Waals surface area contributed by atoms with Gasteiger partial charge in [0.25, 0.3) is 0 Å². The first kappa shape index (κ1) is 11.9. The Balaban J connectivity index is 2.09. The fourth-order valence-corrected chi connectivity index (χ4v) is 2.38. The van der Waals surface area contributed by atoms with Crippen molar-refractivity contribution in [3.8, 4) is 0 Å². The molecular weight excluding hydrogens is 249 g/mol. The van der Waals surface area contributed by atoms with Gasteiger partial charge in [0.2, 0.25) is 0 Å². The van der Waals surface area contributed by atoms with Crippen molar-refractivity contribution in [3.63, 3.8) is 0 Å². The predicted molar refractivity (Wildman–Crippen MR) is 64.1 cm³/mol. The zero-order chi connectivity index (χ0) is 11.8. The SMILES string of the molecule is CCCC1(O)CN(c2cc(Cl)nnc2Cl)C1. The zero-order valence-corrected chi connectivity index (χ0v) is 10.5. The molecule has 1 saturated heterocycles. The molecule has 0 unspecified atom stereocenters. The molecule has 2 heterocycles. The van der Waals surface area contributed by atoms with Crippen LogP contribution in [-0.2, 0) is 0 Å². The number of hydrogen-bond acceptors (Lipinski definition) is 4. The highest BCUT2D eigenvalue weighted by molar-refractivity contribution is 6.33. The van der Waals surface area contributed by atoms with E-state index in [9.17, 15) is 5.11 Å². The molecule has 1 N–H and O–H groups in total. The second-order valence-corrected chi connectivity index (χ2v) is 4.92. The first-order valence-corrected chi connectivity index (χ1v) is 5.96. The number of anilines is 1. The van der Waals surface area contributed by atoms with Gasteiger partial charge in [-0.2, -0.15) is 0 Å². The Morgan fingerprint density at radius 1 is 1.44 bits per heavy atom. The maximum Gasteiger partial charge on any atom is 0.175 e. The highest BCUT2D eigenvalue weighted by Gasteiger charge is 2.41. The fraction of sp³-hybridized carbons (Fsp3) is 0.600. The molecule has 0 saturated carbocycles. The van der Waals surface area contributed by atoms with Gasteiger partial charge < -0.3 is 10.0 Å². The van der Waals surface area contributed by atoms with Crippen LogP contribution in [-0.4, -0.2) is 34.0 Å². The Morgan fingerprint density at radius 2 is 2.12 bits per heavy atom. The van der Waals surface area contributed by atoms with E-state index in [1.807, 2.05) is 4.90 Å². The summed E-state index contributed by atoms with van der Waals surface area (Å²) in [6.45, 7) is 3.20. The molecule has 0 atom stereocenters. The number of hydrogen-bond donors (Lipinski definition) is 1. The molecule has 1 fully saturated rings. The third kappa shape index (κ3) is 2.24. The van der Waals surface area contributed by atoms with E-state index in [-0.39, 0.29) is 0 Å². The molecule has 1 aromatic rings. The van der Waals surface area contributed by atoms with Crippen molar-refractivity contribution in [2.24, 2.45) is 0 Å². The van der Waals surface area contributed by atoms with Gasteiger partial charge in [-0.15, -0.1) is 10.2 Å². The van der Waals surface area contributed by atoms with Crippen molar-refractivity contribution in [3.05, 3.63) is 16.4 Å². The number of aromatic nitrogens is 2. The molecule has 0 radical (unpaired) electrons. The predicted octanol–water partition coefficient (Wildman–Crippen LogP) is 2.13. The van der Waals surface area contributed by atoms with Crippen molar-refractivity contribution in [1.82, 2.24) is 10.2 Å². The highest BCUT2D eigenvalue weighted by atomic mass is 35.5. The molecule has 1 aliphatic rings. The standard InChI is InChI=1S/C10H13Cl2N3O/c1-2-3-10(16)5-15(6-10)7-4-8(11)13-14-9(7)12/h4,16H,2-3,5-6H2,1H3. The monoisotopic (exact) mass is 261 g/mol. The summed E-state index contributed by atoms with van der Waals surface area (Å²) in [6, 6.07) is 1.67. The minimum Gasteiger partial charge on any atom is -0.386 e. The van der Waals surface area contributed by atoms with Gasteiger partial charge in [-0.3, -0.25) is 0 Å². The topological polar surface area (TPSA) is 49.2 Å². The van der Waals surface area contributed by atoms with E-state index in [0.717, 1.165) is 18.5 Å². The smallest absolute Gasteiger partial charge is 0.175 e. The van der Waals surface area contributed by atoms with Gasteiger partial charge in [-0.1, -0.05) is 36.5 Å². The number of rotatable bonds is 3. The number of aliphatic hydroxyl groups is 1. The first-order chi connectivity index (χ1) is 7.54. The minimum atomic E-state index is -0.589. The van der Waals surface area contributed by atoms with Crippen LogP contribution in [0.5, 0.6) is 0 Å². The summed E-state index contributed by atoms with van der Waals surface area (Å²) in [7, 11) is 0. The average Bonchev–Trinajstić information content (AvgIpc) is 2.18. The molecule has 0 bridgehead atoms. The van der Waals surface area contributed by atoms with E-state index in [2.05, 4.69) is 17.1 Å². The Labute approximate surface area is 104 Å². The lowest BCUT2D eigenvalue weighted by Crippen LogP contribution is -2.62. The third-order valence-corrected chi connectivity index (χ3v) is 3.18. The lowest BCUT2D eigenvalue weighted by molar-refractivity contribution is 0.00337.